The summed E-state index contributed by atoms with van der Waals surface area (Å²) in [5, 5.41) is 10.6. The van der Waals surface area contributed by atoms with Gasteiger partial charge >= 0.3 is 0 Å². The van der Waals surface area contributed by atoms with Crippen molar-refractivity contribution in [3.8, 4) is 6.19 Å². The van der Waals surface area contributed by atoms with Crippen molar-refractivity contribution in [1.29, 1.82) is 5.26 Å². The first-order valence-electron chi connectivity index (χ1n) is 5.04. The van der Waals surface area contributed by atoms with Gasteiger partial charge < -0.3 is 5.73 Å². The quantitative estimate of drug-likeness (QED) is 0.504. The van der Waals surface area contributed by atoms with Gasteiger partial charge in [0.2, 0.25) is 5.91 Å². The molecule has 0 spiro atoms. The zero-order valence-electron chi connectivity index (χ0n) is 8.55. The second-order valence-corrected chi connectivity index (χ2v) is 4.23. The second kappa shape index (κ2) is 4.43. The van der Waals surface area contributed by atoms with Crippen LogP contribution < -0.4 is 11.1 Å². The van der Waals surface area contributed by atoms with Gasteiger partial charge in [-0.05, 0) is 31.6 Å². The highest BCUT2D eigenvalue weighted by Crippen LogP contribution is 2.38. The van der Waals surface area contributed by atoms with Gasteiger partial charge in [-0.2, -0.15) is 5.26 Å². The van der Waals surface area contributed by atoms with Crippen LogP contribution in [0.3, 0.4) is 0 Å². The Balaban J connectivity index is 2.68. The van der Waals surface area contributed by atoms with Gasteiger partial charge in [-0.3, -0.25) is 10.1 Å². The van der Waals surface area contributed by atoms with Crippen LogP contribution in [-0.4, -0.2) is 12.5 Å². The monoisotopic (exact) mass is 195 g/mol. The van der Waals surface area contributed by atoms with Crippen LogP contribution in [0.1, 0.15) is 32.6 Å². The number of hydrogen-bond donors (Lipinski definition) is 2. The van der Waals surface area contributed by atoms with E-state index in [4.69, 9.17) is 11.0 Å². The smallest absolute Gasteiger partial charge is 0.240 e. The molecular formula is C10H17N3O. The number of hydrogen-bond acceptors (Lipinski definition) is 3. The lowest BCUT2D eigenvalue weighted by atomic mass is 9.70. The van der Waals surface area contributed by atoms with E-state index in [1.807, 2.05) is 0 Å². The number of carbonyl (C=O) groups is 1. The molecule has 78 valence electrons. The van der Waals surface area contributed by atoms with Crippen molar-refractivity contribution < 1.29 is 4.79 Å². The summed E-state index contributed by atoms with van der Waals surface area (Å²) in [5.74, 6) is 0.471. The summed E-state index contributed by atoms with van der Waals surface area (Å²) in [4.78, 5) is 11.6. The third-order valence-corrected chi connectivity index (χ3v) is 3.27. The fourth-order valence-corrected chi connectivity index (χ4v) is 2.02. The Bertz CT molecular complexity index is 249. The molecule has 1 amide bonds. The Morgan fingerprint density at radius 3 is 2.64 bits per heavy atom. The summed E-state index contributed by atoms with van der Waals surface area (Å²) in [6.45, 7) is 2.52. The van der Waals surface area contributed by atoms with Crippen LogP contribution in [0.5, 0.6) is 0 Å². The molecule has 0 aromatic carbocycles. The summed E-state index contributed by atoms with van der Waals surface area (Å²) in [5.41, 5.74) is 5.16. The number of nitrogens with one attached hydrogen (secondary N) is 1. The molecule has 0 aromatic rings. The van der Waals surface area contributed by atoms with Crippen molar-refractivity contribution >= 4 is 5.91 Å². The lowest BCUT2D eigenvalue weighted by molar-refractivity contribution is -0.131. The van der Waals surface area contributed by atoms with Crippen molar-refractivity contribution in [2.45, 2.75) is 32.6 Å². The van der Waals surface area contributed by atoms with Crippen LogP contribution in [0.25, 0.3) is 0 Å². The van der Waals surface area contributed by atoms with Crippen molar-refractivity contribution in [2.75, 3.05) is 6.54 Å². The average molecular weight is 195 g/mol. The molecule has 1 fully saturated rings. The minimum atomic E-state index is -0.484. The molecule has 0 saturated heterocycles. The fourth-order valence-electron chi connectivity index (χ4n) is 2.02. The maximum absolute atomic E-state index is 11.6. The molecule has 1 saturated carbocycles. The fraction of sp³-hybridized carbons (Fsp3) is 0.800. The van der Waals surface area contributed by atoms with E-state index < -0.39 is 5.41 Å². The molecule has 1 aliphatic carbocycles. The maximum atomic E-state index is 11.6. The Morgan fingerprint density at radius 2 is 2.21 bits per heavy atom. The summed E-state index contributed by atoms with van der Waals surface area (Å²) >= 11 is 0. The molecule has 0 radical (unpaired) electrons. The molecule has 0 bridgehead atoms. The Kier molecular flexibility index (Phi) is 3.48. The van der Waals surface area contributed by atoms with Crippen LogP contribution in [0, 0.1) is 22.8 Å². The lowest BCUT2D eigenvalue weighted by Crippen LogP contribution is -2.46. The third kappa shape index (κ3) is 2.05. The topological polar surface area (TPSA) is 78.9 Å². The SMILES string of the molecule is CC1CCC(CN)(C(=O)NC#N)CC1. The third-order valence-electron chi connectivity index (χ3n) is 3.27. The maximum Gasteiger partial charge on any atom is 0.240 e. The normalized spacial score (nSPS) is 31.9. The second-order valence-electron chi connectivity index (χ2n) is 4.23. The first-order chi connectivity index (χ1) is 6.64. The Labute approximate surface area is 84.5 Å². The Hall–Kier alpha value is -1.08. The summed E-state index contributed by atoms with van der Waals surface area (Å²) < 4.78 is 0. The molecule has 1 aliphatic rings. The number of nitrogens with zero attached hydrogens (tertiary/aromatic N) is 1. The van der Waals surface area contributed by atoms with E-state index in [2.05, 4.69) is 12.2 Å². The molecule has 0 atom stereocenters. The van der Waals surface area contributed by atoms with Crippen LogP contribution >= 0.6 is 0 Å². The van der Waals surface area contributed by atoms with Crippen LogP contribution in [0.4, 0.5) is 0 Å². The number of amides is 1. The van der Waals surface area contributed by atoms with E-state index in [0.29, 0.717) is 12.5 Å². The number of rotatable bonds is 2. The van der Waals surface area contributed by atoms with Crippen LogP contribution in [0.15, 0.2) is 0 Å². The van der Waals surface area contributed by atoms with Gasteiger partial charge in [0.1, 0.15) is 0 Å². The van der Waals surface area contributed by atoms with Gasteiger partial charge in [-0.25, -0.2) is 0 Å². The zero-order valence-corrected chi connectivity index (χ0v) is 8.55. The summed E-state index contributed by atoms with van der Waals surface area (Å²) in [7, 11) is 0. The van der Waals surface area contributed by atoms with Crippen molar-refractivity contribution in [2.24, 2.45) is 17.1 Å². The van der Waals surface area contributed by atoms with E-state index >= 15 is 0 Å². The standard InChI is InChI=1S/C10H17N3O/c1-8-2-4-10(6-11,5-3-8)9(14)13-7-12/h8H,2-6,11H2,1H3,(H,13,14). The van der Waals surface area contributed by atoms with Gasteiger partial charge in [0.25, 0.3) is 0 Å². The predicted molar refractivity (Wildman–Crippen MR) is 52.9 cm³/mol. The molecule has 0 aromatic heterocycles. The van der Waals surface area contributed by atoms with Gasteiger partial charge in [0.15, 0.2) is 6.19 Å². The van der Waals surface area contributed by atoms with Gasteiger partial charge in [-0.15, -0.1) is 0 Å². The van der Waals surface area contributed by atoms with E-state index in [1.165, 1.54) is 0 Å². The molecule has 14 heavy (non-hydrogen) atoms. The molecule has 3 N–H and O–H groups in total. The zero-order chi connectivity index (χ0) is 10.6. The molecule has 0 unspecified atom stereocenters. The first-order valence-corrected chi connectivity index (χ1v) is 5.04. The largest absolute Gasteiger partial charge is 0.329 e. The average Bonchev–Trinajstić information content (AvgIpc) is 2.20. The Morgan fingerprint density at radius 1 is 1.64 bits per heavy atom. The summed E-state index contributed by atoms with van der Waals surface area (Å²) in [6, 6.07) is 0. The predicted octanol–water partition coefficient (Wildman–Crippen LogP) is 0.739. The number of nitriles is 1. The summed E-state index contributed by atoms with van der Waals surface area (Å²) in [6.07, 6.45) is 5.34. The van der Waals surface area contributed by atoms with Crippen molar-refractivity contribution in [3.63, 3.8) is 0 Å². The van der Waals surface area contributed by atoms with Gasteiger partial charge in [0, 0.05) is 6.54 Å². The molecule has 1 rings (SSSR count). The van der Waals surface area contributed by atoms with E-state index in [0.717, 1.165) is 25.7 Å². The molecular weight excluding hydrogens is 178 g/mol. The minimum Gasteiger partial charge on any atom is -0.329 e. The highest BCUT2D eigenvalue weighted by atomic mass is 16.2. The molecule has 4 nitrogen and oxygen atoms in total. The van der Waals surface area contributed by atoms with E-state index in [-0.39, 0.29) is 5.91 Å². The van der Waals surface area contributed by atoms with Crippen LogP contribution in [-0.2, 0) is 4.79 Å². The molecule has 0 aliphatic heterocycles. The minimum absolute atomic E-state index is 0.200. The van der Waals surface area contributed by atoms with Crippen molar-refractivity contribution in [3.05, 3.63) is 0 Å². The number of carbonyl (C=O) groups excluding carboxylic acids is 1. The first kappa shape index (κ1) is 11.0. The highest BCUT2D eigenvalue weighted by Gasteiger charge is 2.39. The molecule has 0 heterocycles. The van der Waals surface area contributed by atoms with Gasteiger partial charge in [-0.1, -0.05) is 6.92 Å². The highest BCUT2D eigenvalue weighted by molar-refractivity contribution is 5.84. The van der Waals surface area contributed by atoms with Gasteiger partial charge in [0.05, 0.1) is 5.41 Å². The lowest BCUT2D eigenvalue weighted by Gasteiger charge is -2.36. The van der Waals surface area contributed by atoms with Crippen LogP contribution in [0.2, 0.25) is 0 Å². The van der Waals surface area contributed by atoms with E-state index in [1.54, 1.807) is 6.19 Å². The molecule has 4 heteroatoms. The number of nitrogens with two attached hydrogens (primary N) is 1. The van der Waals surface area contributed by atoms with E-state index in [9.17, 15) is 4.79 Å². The van der Waals surface area contributed by atoms with Crippen molar-refractivity contribution in [1.82, 2.24) is 5.32 Å².